The molecule has 0 saturated heterocycles. The molecule has 0 atom stereocenters. The number of hydrogen-bond acceptors (Lipinski definition) is 3. The maximum atomic E-state index is 12.2. The van der Waals surface area contributed by atoms with Crippen molar-refractivity contribution in [2.24, 2.45) is 11.6 Å². The summed E-state index contributed by atoms with van der Waals surface area (Å²) in [6.45, 7) is 2.77. The van der Waals surface area contributed by atoms with Crippen LogP contribution in [-0.4, -0.2) is 12.5 Å². The molecular formula is C17H23N3O. The van der Waals surface area contributed by atoms with Crippen LogP contribution in [0.15, 0.2) is 30.3 Å². The minimum atomic E-state index is -0.219. The van der Waals surface area contributed by atoms with Crippen LogP contribution in [0.25, 0.3) is 10.8 Å². The molecule has 1 amide bonds. The first-order chi connectivity index (χ1) is 10.2. The number of nitrogens with two attached hydrogens (primary N) is 2. The first-order valence-corrected chi connectivity index (χ1v) is 7.47. The van der Waals surface area contributed by atoms with Crippen LogP contribution in [0.2, 0.25) is 0 Å². The summed E-state index contributed by atoms with van der Waals surface area (Å²) in [6.07, 6.45) is 3.78. The number of benzene rings is 2. The molecule has 0 aromatic heterocycles. The number of fused-ring (bicyclic) bond motifs is 1. The summed E-state index contributed by atoms with van der Waals surface area (Å²) in [4.78, 5) is 12.2. The van der Waals surface area contributed by atoms with Crippen molar-refractivity contribution in [2.75, 3.05) is 6.54 Å². The molecule has 4 nitrogen and oxygen atoms in total. The Labute approximate surface area is 125 Å². The molecule has 2 aromatic carbocycles. The van der Waals surface area contributed by atoms with Gasteiger partial charge in [-0.15, -0.1) is 0 Å². The van der Waals surface area contributed by atoms with Gasteiger partial charge in [0, 0.05) is 0 Å². The second kappa shape index (κ2) is 7.20. The van der Waals surface area contributed by atoms with Crippen molar-refractivity contribution in [2.45, 2.75) is 32.6 Å². The van der Waals surface area contributed by atoms with Crippen molar-refractivity contribution in [3.05, 3.63) is 47.0 Å². The molecule has 0 unspecified atom stereocenters. The molecule has 21 heavy (non-hydrogen) atoms. The van der Waals surface area contributed by atoms with Gasteiger partial charge in [0.1, 0.15) is 0 Å². The van der Waals surface area contributed by atoms with Crippen LogP contribution in [0, 0.1) is 0 Å². The van der Waals surface area contributed by atoms with Gasteiger partial charge in [-0.2, -0.15) is 0 Å². The number of carbonyl (C=O) groups excluding carboxylic acids is 1. The number of rotatable bonds is 6. The number of unbranched alkanes of at least 4 members (excludes halogenated alkanes) is 1. The second-order valence-electron chi connectivity index (χ2n) is 5.18. The van der Waals surface area contributed by atoms with Gasteiger partial charge in [-0.1, -0.05) is 37.3 Å². The van der Waals surface area contributed by atoms with Crippen molar-refractivity contribution in [3.63, 3.8) is 0 Å². The molecule has 2 rings (SSSR count). The number of carbonyl (C=O) groups is 1. The number of nitrogens with one attached hydrogen (secondary N) is 1. The summed E-state index contributed by atoms with van der Waals surface area (Å²) in [6, 6.07) is 10.1. The molecule has 0 fully saturated rings. The molecule has 0 aliphatic carbocycles. The fourth-order valence-electron chi connectivity index (χ4n) is 2.87. The Morgan fingerprint density at radius 3 is 2.67 bits per heavy atom. The topological polar surface area (TPSA) is 81.1 Å². The maximum absolute atomic E-state index is 12.2. The van der Waals surface area contributed by atoms with Crippen molar-refractivity contribution in [3.8, 4) is 0 Å². The Morgan fingerprint density at radius 2 is 2.00 bits per heavy atom. The second-order valence-corrected chi connectivity index (χ2v) is 5.18. The summed E-state index contributed by atoms with van der Waals surface area (Å²) >= 11 is 0. The minimum absolute atomic E-state index is 0.219. The Balaban J connectivity index is 2.60. The van der Waals surface area contributed by atoms with E-state index in [0.29, 0.717) is 12.1 Å². The SMILES string of the molecule is CCc1c(CCCCN)cc2ccccc2c1C(=O)NN. The maximum Gasteiger partial charge on any atom is 0.266 e. The van der Waals surface area contributed by atoms with E-state index in [9.17, 15) is 4.79 Å². The third-order valence-electron chi connectivity index (χ3n) is 3.86. The zero-order valence-electron chi connectivity index (χ0n) is 12.5. The fourth-order valence-corrected chi connectivity index (χ4v) is 2.87. The van der Waals surface area contributed by atoms with E-state index in [4.69, 9.17) is 11.6 Å². The van der Waals surface area contributed by atoms with Crippen LogP contribution in [0.1, 0.15) is 41.3 Å². The summed E-state index contributed by atoms with van der Waals surface area (Å²) in [5.74, 6) is 5.16. The van der Waals surface area contributed by atoms with Gasteiger partial charge in [-0.05, 0) is 54.1 Å². The number of aryl methyl sites for hydroxylation is 1. The fraction of sp³-hybridized carbons (Fsp3) is 0.353. The lowest BCUT2D eigenvalue weighted by Crippen LogP contribution is -2.31. The van der Waals surface area contributed by atoms with Gasteiger partial charge in [0.2, 0.25) is 0 Å². The highest BCUT2D eigenvalue weighted by atomic mass is 16.2. The van der Waals surface area contributed by atoms with Gasteiger partial charge in [0.15, 0.2) is 0 Å². The van der Waals surface area contributed by atoms with Crippen LogP contribution in [0.5, 0.6) is 0 Å². The van der Waals surface area contributed by atoms with Gasteiger partial charge in [-0.3, -0.25) is 10.2 Å². The zero-order chi connectivity index (χ0) is 15.2. The molecule has 0 radical (unpaired) electrons. The normalized spacial score (nSPS) is 10.8. The van der Waals surface area contributed by atoms with E-state index in [1.165, 1.54) is 5.56 Å². The van der Waals surface area contributed by atoms with Crippen LogP contribution in [0.3, 0.4) is 0 Å². The predicted octanol–water partition coefficient (Wildman–Crippen LogP) is 2.29. The number of nitrogen functional groups attached to an aromatic ring is 1. The van der Waals surface area contributed by atoms with Gasteiger partial charge in [0.25, 0.3) is 5.91 Å². The molecule has 5 N–H and O–H groups in total. The summed E-state index contributed by atoms with van der Waals surface area (Å²) in [5.41, 5.74) is 10.9. The molecule has 2 aromatic rings. The number of amides is 1. The van der Waals surface area contributed by atoms with E-state index in [0.717, 1.165) is 42.0 Å². The standard InChI is InChI=1S/C17H23N3O/c1-2-14-12(8-5-6-10-18)11-13-7-3-4-9-15(13)16(14)17(21)20-19/h3-4,7,9,11H,2,5-6,8,10,18-19H2,1H3,(H,20,21). The third kappa shape index (κ3) is 3.23. The Morgan fingerprint density at radius 1 is 1.24 bits per heavy atom. The predicted molar refractivity (Wildman–Crippen MR) is 87.0 cm³/mol. The lowest BCUT2D eigenvalue weighted by molar-refractivity contribution is 0.0954. The quantitative estimate of drug-likeness (QED) is 0.330. The first kappa shape index (κ1) is 15.5. The largest absolute Gasteiger partial charge is 0.330 e. The van der Waals surface area contributed by atoms with Crippen molar-refractivity contribution in [1.29, 1.82) is 0 Å². The number of hydrazine groups is 1. The molecule has 0 spiro atoms. The van der Waals surface area contributed by atoms with Crippen LogP contribution in [-0.2, 0) is 12.8 Å². The van der Waals surface area contributed by atoms with Crippen LogP contribution in [0.4, 0.5) is 0 Å². The van der Waals surface area contributed by atoms with E-state index in [2.05, 4.69) is 18.4 Å². The van der Waals surface area contributed by atoms with Gasteiger partial charge >= 0.3 is 0 Å². The van der Waals surface area contributed by atoms with E-state index >= 15 is 0 Å². The highest BCUT2D eigenvalue weighted by Gasteiger charge is 2.17. The molecule has 0 aliphatic rings. The number of hydrogen-bond donors (Lipinski definition) is 3. The molecule has 0 heterocycles. The summed E-state index contributed by atoms with van der Waals surface area (Å²) in [7, 11) is 0. The molecule has 0 aliphatic heterocycles. The average molecular weight is 285 g/mol. The lowest BCUT2D eigenvalue weighted by atomic mass is 9.90. The van der Waals surface area contributed by atoms with Crippen LogP contribution < -0.4 is 17.0 Å². The Kier molecular flexibility index (Phi) is 5.31. The van der Waals surface area contributed by atoms with E-state index in [1.54, 1.807) is 0 Å². The third-order valence-corrected chi connectivity index (χ3v) is 3.86. The highest BCUT2D eigenvalue weighted by Crippen LogP contribution is 2.27. The molecular weight excluding hydrogens is 262 g/mol. The monoisotopic (exact) mass is 285 g/mol. The lowest BCUT2D eigenvalue weighted by Gasteiger charge is -2.16. The van der Waals surface area contributed by atoms with Crippen LogP contribution >= 0.6 is 0 Å². The van der Waals surface area contributed by atoms with Crippen molar-refractivity contribution < 1.29 is 4.79 Å². The summed E-state index contributed by atoms with van der Waals surface area (Å²) < 4.78 is 0. The van der Waals surface area contributed by atoms with Crippen molar-refractivity contribution >= 4 is 16.7 Å². The molecule has 0 saturated carbocycles. The van der Waals surface area contributed by atoms with E-state index in [1.807, 2.05) is 24.3 Å². The Bertz CT molecular complexity index is 637. The van der Waals surface area contributed by atoms with Gasteiger partial charge in [0.05, 0.1) is 5.56 Å². The molecule has 4 heteroatoms. The average Bonchev–Trinajstić information content (AvgIpc) is 2.53. The van der Waals surface area contributed by atoms with Gasteiger partial charge in [-0.25, -0.2) is 5.84 Å². The van der Waals surface area contributed by atoms with Gasteiger partial charge < -0.3 is 5.73 Å². The molecule has 112 valence electrons. The van der Waals surface area contributed by atoms with Crippen molar-refractivity contribution in [1.82, 2.24) is 5.43 Å². The summed E-state index contributed by atoms with van der Waals surface area (Å²) in [5, 5.41) is 2.04. The Hall–Kier alpha value is -1.91. The smallest absolute Gasteiger partial charge is 0.266 e. The zero-order valence-corrected chi connectivity index (χ0v) is 12.5. The van der Waals surface area contributed by atoms with E-state index in [-0.39, 0.29) is 5.91 Å². The minimum Gasteiger partial charge on any atom is -0.330 e. The molecule has 0 bridgehead atoms. The first-order valence-electron chi connectivity index (χ1n) is 7.47. The highest BCUT2D eigenvalue weighted by molar-refractivity contribution is 6.08. The van der Waals surface area contributed by atoms with E-state index < -0.39 is 0 Å².